The van der Waals surface area contributed by atoms with Crippen LogP contribution in [0.25, 0.3) is 0 Å². The predicted octanol–water partition coefficient (Wildman–Crippen LogP) is 3.15. The molecule has 0 radical (unpaired) electrons. The van der Waals surface area contributed by atoms with Crippen molar-refractivity contribution in [3.8, 4) is 0 Å². The number of benzene rings is 2. The van der Waals surface area contributed by atoms with Crippen LogP contribution in [0.4, 0.5) is 0 Å². The number of carbonyl (C=O) groups excluding carboxylic acids is 3. The summed E-state index contributed by atoms with van der Waals surface area (Å²) < 4.78 is 5.42. The van der Waals surface area contributed by atoms with Gasteiger partial charge in [-0.2, -0.15) is 0 Å². The number of hydrogen-bond donors (Lipinski definition) is 4. The highest BCUT2D eigenvalue weighted by atomic mass is 35.5. The lowest BCUT2D eigenvalue weighted by molar-refractivity contribution is -0.150. The Morgan fingerprint density at radius 3 is 2.03 bits per heavy atom. The van der Waals surface area contributed by atoms with E-state index in [1.165, 1.54) is 5.56 Å². The molecule has 210 valence electrons. The molecule has 3 atom stereocenters. The fourth-order valence-corrected chi connectivity index (χ4v) is 3.95. The number of aryl methyl sites for hydroxylation is 1. The fraction of sp³-hybridized carbons (Fsp3) is 0.483. The van der Waals surface area contributed by atoms with Crippen LogP contribution in [0.2, 0.25) is 0 Å². The number of amides is 2. The third kappa shape index (κ3) is 11.6. The Morgan fingerprint density at radius 1 is 0.868 bits per heavy atom. The van der Waals surface area contributed by atoms with Crippen molar-refractivity contribution in [1.82, 2.24) is 10.6 Å². The summed E-state index contributed by atoms with van der Waals surface area (Å²) in [5.41, 5.74) is 7.87. The summed E-state index contributed by atoms with van der Waals surface area (Å²) in [6.45, 7) is 3.30. The molecule has 2 rings (SSSR count). The number of esters is 1. The first-order valence-corrected chi connectivity index (χ1v) is 13.0. The zero-order chi connectivity index (χ0) is 27.0. The second-order valence-electron chi connectivity index (χ2n) is 9.59. The van der Waals surface area contributed by atoms with Crippen LogP contribution in [0.15, 0.2) is 60.7 Å². The molecule has 9 heteroatoms. The van der Waals surface area contributed by atoms with Gasteiger partial charge in [0.05, 0.1) is 0 Å². The quantitative estimate of drug-likeness (QED) is 0.189. The Labute approximate surface area is 232 Å². The second kappa shape index (κ2) is 18.3. The number of ether oxygens (including phenoxy) is 1. The van der Waals surface area contributed by atoms with Crippen LogP contribution >= 0.6 is 12.4 Å². The van der Waals surface area contributed by atoms with Crippen LogP contribution in [0, 0.1) is 11.8 Å². The van der Waals surface area contributed by atoms with E-state index in [0.717, 1.165) is 24.8 Å². The summed E-state index contributed by atoms with van der Waals surface area (Å²) in [4.78, 5) is 38.6. The first-order chi connectivity index (χ1) is 17.8. The Balaban J connectivity index is 0.00000722. The molecule has 3 unspecified atom stereocenters. The number of aliphatic hydroxyl groups excluding tert-OH is 1. The van der Waals surface area contributed by atoms with Gasteiger partial charge in [0, 0.05) is 18.9 Å². The average molecular weight is 548 g/mol. The number of rotatable bonds is 16. The molecule has 0 spiro atoms. The summed E-state index contributed by atoms with van der Waals surface area (Å²) in [6.07, 6.45) is 3.73. The van der Waals surface area contributed by atoms with Gasteiger partial charge in [-0.1, -0.05) is 80.9 Å². The molecular weight excluding hydrogens is 506 g/mol. The van der Waals surface area contributed by atoms with Gasteiger partial charge in [-0.25, -0.2) is 4.79 Å². The van der Waals surface area contributed by atoms with E-state index in [4.69, 9.17) is 10.5 Å². The van der Waals surface area contributed by atoms with E-state index in [1.807, 2.05) is 48.5 Å². The summed E-state index contributed by atoms with van der Waals surface area (Å²) in [6, 6.07) is 17.5. The zero-order valence-corrected chi connectivity index (χ0v) is 23.1. The maximum absolute atomic E-state index is 13.2. The highest BCUT2D eigenvalue weighted by Gasteiger charge is 2.33. The van der Waals surface area contributed by atoms with Gasteiger partial charge in [0.2, 0.25) is 11.8 Å². The molecule has 0 saturated heterocycles. The van der Waals surface area contributed by atoms with Crippen molar-refractivity contribution >= 4 is 30.2 Å². The lowest BCUT2D eigenvalue weighted by Gasteiger charge is -2.28. The van der Waals surface area contributed by atoms with Crippen molar-refractivity contribution < 1.29 is 24.2 Å². The summed E-state index contributed by atoms with van der Waals surface area (Å²) in [7, 11) is 0. The fourth-order valence-electron chi connectivity index (χ4n) is 3.95. The highest BCUT2D eigenvalue weighted by molar-refractivity contribution is 5.91. The van der Waals surface area contributed by atoms with Crippen LogP contribution in [0.3, 0.4) is 0 Å². The molecule has 0 heterocycles. The summed E-state index contributed by atoms with van der Waals surface area (Å²) in [5.74, 6) is -2.37. The number of carbonyl (C=O) groups is 3. The van der Waals surface area contributed by atoms with Crippen LogP contribution in [0.1, 0.15) is 50.7 Å². The first kappa shape index (κ1) is 33.1. The molecule has 38 heavy (non-hydrogen) atoms. The number of nitrogens with one attached hydrogen (secondary N) is 2. The van der Waals surface area contributed by atoms with E-state index in [-0.39, 0.29) is 50.4 Å². The molecule has 0 aromatic heterocycles. The van der Waals surface area contributed by atoms with Crippen molar-refractivity contribution in [2.24, 2.45) is 17.6 Å². The van der Waals surface area contributed by atoms with Gasteiger partial charge in [-0.15, -0.1) is 12.4 Å². The van der Waals surface area contributed by atoms with Crippen molar-refractivity contribution in [3.63, 3.8) is 0 Å². The number of halogens is 1. The minimum atomic E-state index is -1.06. The van der Waals surface area contributed by atoms with Crippen LogP contribution in [-0.2, 0) is 32.1 Å². The SMILES string of the molecule is CC(C)C(NC(=O)C(NC(=O)CCCCCc1ccccc1)C(CN)CO)C(=O)OCc1ccccc1.Cl. The third-order valence-electron chi connectivity index (χ3n) is 6.26. The number of nitrogens with two attached hydrogens (primary N) is 1. The van der Waals surface area contributed by atoms with E-state index < -0.39 is 29.9 Å². The molecular formula is C29H42ClN3O5. The Bertz CT molecular complexity index is 955. The van der Waals surface area contributed by atoms with Gasteiger partial charge in [0.15, 0.2) is 0 Å². The van der Waals surface area contributed by atoms with E-state index in [1.54, 1.807) is 13.8 Å². The third-order valence-corrected chi connectivity index (χ3v) is 6.26. The zero-order valence-electron chi connectivity index (χ0n) is 22.3. The number of aliphatic hydroxyl groups is 1. The van der Waals surface area contributed by atoms with Gasteiger partial charge in [-0.3, -0.25) is 9.59 Å². The normalized spacial score (nSPS) is 13.1. The summed E-state index contributed by atoms with van der Waals surface area (Å²) >= 11 is 0. The van der Waals surface area contributed by atoms with Crippen molar-refractivity contribution in [2.45, 2.75) is 64.6 Å². The van der Waals surface area contributed by atoms with E-state index in [9.17, 15) is 19.5 Å². The molecule has 2 aromatic carbocycles. The standard InChI is InChI=1S/C29H41N3O5.ClH/c1-21(2)26(29(36)37-20-23-15-9-4-10-16-23)32-28(35)27(24(18-30)19-33)31-25(34)17-11-5-8-14-22-12-6-3-7-13-22;/h3-4,6-7,9-10,12-13,15-16,21,24,26-27,33H,5,8,11,14,17-20,30H2,1-2H3,(H,31,34)(H,32,35);1H. The molecule has 8 nitrogen and oxygen atoms in total. The number of unbranched alkanes of at least 4 members (excludes halogenated alkanes) is 2. The van der Waals surface area contributed by atoms with Crippen molar-refractivity contribution in [3.05, 3.63) is 71.8 Å². The van der Waals surface area contributed by atoms with Gasteiger partial charge in [0.25, 0.3) is 0 Å². The molecule has 0 aliphatic carbocycles. The lowest BCUT2D eigenvalue weighted by Crippen LogP contribution is -2.57. The first-order valence-electron chi connectivity index (χ1n) is 13.0. The van der Waals surface area contributed by atoms with Gasteiger partial charge in [-0.05, 0) is 42.9 Å². The van der Waals surface area contributed by atoms with Crippen molar-refractivity contribution in [1.29, 1.82) is 0 Å². The maximum Gasteiger partial charge on any atom is 0.329 e. The highest BCUT2D eigenvalue weighted by Crippen LogP contribution is 2.11. The smallest absolute Gasteiger partial charge is 0.329 e. The van der Waals surface area contributed by atoms with Crippen LogP contribution in [-0.4, -0.2) is 48.1 Å². The minimum absolute atomic E-state index is 0. The molecule has 0 saturated carbocycles. The molecule has 2 aromatic rings. The lowest BCUT2D eigenvalue weighted by atomic mass is 9.97. The Hall–Kier alpha value is -2.94. The maximum atomic E-state index is 13.2. The predicted molar refractivity (Wildman–Crippen MR) is 150 cm³/mol. The topological polar surface area (TPSA) is 131 Å². The molecule has 2 amide bonds. The largest absolute Gasteiger partial charge is 0.459 e. The monoisotopic (exact) mass is 547 g/mol. The van der Waals surface area contributed by atoms with E-state index in [2.05, 4.69) is 22.8 Å². The average Bonchev–Trinajstić information content (AvgIpc) is 2.91. The minimum Gasteiger partial charge on any atom is -0.459 e. The van der Waals surface area contributed by atoms with E-state index in [0.29, 0.717) is 6.42 Å². The van der Waals surface area contributed by atoms with Gasteiger partial charge >= 0.3 is 5.97 Å². The van der Waals surface area contributed by atoms with Gasteiger partial charge < -0.3 is 26.2 Å². The van der Waals surface area contributed by atoms with Crippen molar-refractivity contribution in [2.75, 3.05) is 13.2 Å². The molecule has 0 aliphatic heterocycles. The Morgan fingerprint density at radius 2 is 1.47 bits per heavy atom. The second-order valence-corrected chi connectivity index (χ2v) is 9.59. The summed E-state index contributed by atoms with van der Waals surface area (Å²) in [5, 5.41) is 15.2. The molecule has 5 N–H and O–H groups in total. The molecule has 0 aliphatic rings. The van der Waals surface area contributed by atoms with Crippen LogP contribution < -0.4 is 16.4 Å². The van der Waals surface area contributed by atoms with Crippen LogP contribution in [0.5, 0.6) is 0 Å². The number of hydrogen-bond acceptors (Lipinski definition) is 6. The van der Waals surface area contributed by atoms with E-state index >= 15 is 0 Å². The molecule has 0 bridgehead atoms. The Kier molecular flexibility index (Phi) is 16.0. The van der Waals surface area contributed by atoms with Gasteiger partial charge in [0.1, 0.15) is 18.7 Å². The molecule has 0 fully saturated rings.